The minimum atomic E-state index is -0.576. The summed E-state index contributed by atoms with van der Waals surface area (Å²) in [5.74, 6) is -0.884. The van der Waals surface area contributed by atoms with Crippen LogP contribution in [0.2, 0.25) is 0 Å². The van der Waals surface area contributed by atoms with E-state index in [2.05, 4.69) is 30.6 Å². The highest BCUT2D eigenvalue weighted by Gasteiger charge is 2.24. The third-order valence-electron chi connectivity index (χ3n) is 5.14. The molecule has 0 saturated heterocycles. The van der Waals surface area contributed by atoms with Gasteiger partial charge in [-0.3, -0.25) is 4.79 Å². The van der Waals surface area contributed by atoms with Crippen LogP contribution in [0.3, 0.4) is 0 Å². The maximum atomic E-state index is 14.4. The number of amides is 1. The molecule has 1 aliphatic carbocycles. The zero-order chi connectivity index (χ0) is 21.1. The van der Waals surface area contributed by atoms with E-state index in [1.54, 1.807) is 6.20 Å². The average Bonchev–Trinajstić information content (AvgIpc) is 3.13. The van der Waals surface area contributed by atoms with Crippen molar-refractivity contribution in [2.75, 3.05) is 19.0 Å². The van der Waals surface area contributed by atoms with Crippen molar-refractivity contribution in [2.24, 2.45) is 0 Å². The van der Waals surface area contributed by atoms with E-state index < -0.39 is 11.6 Å². The Morgan fingerprint density at radius 3 is 2.93 bits per heavy atom. The van der Waals surface area contributed by atoms with Crippen molar-refractivity contribution in [3.63, 3.8) is 0 Å². The molecule has 3 heterocycles. The number of hydrogen-bond acceptors (Lipinski definition) is 6. The Labute approximate surface area is 171 Å². The predicted molar refractivity (Wildman–Crippen MR) is 107 cm³/mol. The number of ether oxygens (including phenoxy) is 1. The van der Waals surface area contributed by atoms with Gasteiger partial charge in [0.25, 0.3) is 0 Å². The van der Waals surface area contributed by atoms with Crippen LogP contribution in [0, 0.1) is 11.6 Å². The van der Waals surface area contributed by atoms with E-state index in [1.165, 1.54) is 13.2 Å². The lowest BCUT2D eigenvalue weighted by molar-refractivity contribution is -0.125. The fraction of sp³-hybridized carbons (Fsp3) is 0.400. The summed E-state index contributed by atoms with van der Waals surface area (Å²) in [6, 6.07) is 1.28. The smallest absolute Gasteiger partial charge is 0.246 e. The lowest BCUT2D eigenvalue weighted by Gasteiger charge is -2.30. The van der Waals surface area contributed by atoms with Gasteiger partial charge in [0.15, 0.2) is 17.5 Å². The van der Waals surface area contributed by atoms with Crippen molar-refractivity contribution < 1.29 is 18.3 Å². The van der Waals surface area contributed by atoms with Gasteiger partial charge < -0.3 is 20.4 Å². The van der Waals surface area contributed by atoms with Gasteiger partial charge in [-0.25, -0.2) is 23.7 Å². The first-order valence-corrected chi connectivity index (χ1v) is 9.74. The fourth-order valence-electron chi connectivity index (χ4n) is 3.81. The predicted octanol–water partition coefficient (Wildman–Crippen LogP) is 2.78. The second-order valence-corrected chi connectivity index (χ2v) is 7.35. The van der Waals surface area contributed by atoms with Crippen LogP contribution in [0.15, 0.2) is 24.7 Å². The summed E-state index contributed by atoms with van der Waals surface area (Å²) in [6.07, 6.45) is 7.06. The molecule has 0 aromatic carbocycles. The normalized spacial score (nSPS) is 19.0. The first kappa shape index (κ1) is 20.1. The Hall–Kier alpha value is -3.14. The van der Waals surface area contributed by atoms with E-state index in [0.29, 0.717) is 23.0 Å². The van der Waals surface area contributed by atoms with Gasteiger partial charge in [0.2, 0.25) is 5.91 Å². The van der Waals surface area contributed by atoms with Crippen LogP contribution in [-0.2, 0) is 9.53 Å². The molecule has 10 heteroatoms. The van der Waals surface area contributed by atoms with E-state index in [1.807, 2.05) is 0 Å². The number of pyridine rings is 1. The Morgan fingerprint density at radius 2 is 2.10 bits per heavy atom. The SMILES string of the molecule is COCC(=O)N[C@@H]1CCC[C@H](Nc2nc(-c3c[nH]c4ncc(F)cc34)ncc2F)C1. The first-order chi connectivity index (χ1) is 14.5. The van der Waals surface area contributed by atoms with E-state index in [4.69, 9.17) is 4.74 Å². The molecular weight excluding hydrogens is 394 g/mol. The summed E-state index contributed by atoms with van der Waals surface area (Å²) in [7, 11) is 1.47. The Balaban J connectivity index is 1.52. The van der Waals surface area contributed by atoms with E-state index in [9.17, 15) is 13.6 Å². The van der Waals surface area contributed by atoms with Crippen molar-refractivity contribution in [2.45, 2.75) is 37.8 Å². The van der Waals surface area contributed by atoms with Gasteiger partial charge in [-0.05, 0) is 31.7 Å². The molecule has 1 fully saturated rings. The van der Waals surface area contributed by atoms with Crippen molar-refractivity contribution in [1.82, 2.24) is 25.3 Å². The molecule has 8 nitrogen and oxygen atoms in total. The molecule has 3 N–H and O–H groups in total. The number of aromatic nitrogens is 4. The zero-order valence-corrected chi connectivity index (χ0v) is 16.4. The van der Waals surface area contributed by atoms with Gasteiger partial charge >= 0.3 is 0 Å². The van der Waals surface area contributed by atoms with Crippen LogP contribution in [-0.4, -0.2) is 51.6 Å². The third-order valence-corrected chi connectivity index (χ3v) is 5.14. The number of nitrogens with zero attached hydrogens (tertiary/aromatic N) is 3. The molecular formula is C20H22F2N6O2. The molecule has 1 saturated carbocycles. The number of carbonyl (C=O) groups excluding carboxylic acids is 1. The molecule has 3 aromatic rings. The summed E-state index contributed by atoms with van der Waals surface area (Å²) in [6.45, 7) is 0.0125. The van der Waals surface area contributed by atoms with Crippen molar-refractivity contribution >= 4 is 22.8 Å². The number of H-pyrrole nitrogens is 1. The lowest BCUT2D eigenvalue weighted by Crippen LogP contribution is -2.43. The number of rotatable bonds is 6. The summed E-state index contributed by atoms with van der Waals surface area (Å²) in [5, 5.41) is 6.59. The standard InChI is InChI=1S/C20H22F2N6O2/c1-30-10-17(29)26-12-3-2-4-13(6-12)27-20-16(22)9-25-19(28-20)15-8-24-18-14(15)5-11(21)7-23-18/h5,7-9,12-13H,2-4,6,10H2,1H3,(H,23,24)(H,26,29)(H,25,27,28)/t12-,13+/m1/s1. The number of halogens is 2. The molecule has 158 valence electrons. The number of fused-ring (bicyclic) bond motifs is 1. The lowest BCUT2D eigenvalue weighted by atomic mass is 9.91. The van der Waals surface area contributed by atoms with Gasteiger partial charge in [-0.1, -0.05) is 0 Å². The molecule has 30 heavy (non-hydrogen) atoms. The molecule has 0 unspecified atom stereocenters. The minimum Gasteiger partial charge on any atom is -0.375 e. The van der Waals surface area contributed by atoms with E-state index in [-0.39, 0.29) is 36.2 Å². The van der Waals surface area contributed by atoms with Crippen molar-refractivity contribution in [3.05, 3.63) is 36.3 Å². The van der Waals surface area contributed by atoms with Crippen LogP contribution >= 0.6 is 0 Å². The highest BCUT2D eigenvalue weighted by atomic mass is 19.1. The molecule has 0 bridgehead atoms. The average molecular weight is 416 g/mol. The van der Waals surface area contributed by atoms with E-state index >= 15 is 0 Å². The van der Waals surface area contributed by atoms with Gasteiger partial charge in [0.05, 0.1) is 12.4 Å². The van der Waals surface area contributed by atoms with Gasteiger partial charge in [-0.2, -0.15) is 0 Å². The Kier molecular flexibility index (Phi) is 5.84. The second kappa shape index (κ2) is 8.70. The number of anilines is 1. The molecule has 3 aromatic heterocycles. The monoisotopic (exact) mass is 416 g/mol. The highest BCUT2D eigenvalue weighted by Crippen LogP contribution is 2.28. The number of methoxy groups -OCH3 is 1. The second-order valence-electron chi connectivity index (χ2n) is 7.35. The first-order valence-electron chi connectivity index (χ1n) is 9.74. The van der Waals surface area contributed by atoms with Crippen LogP contribution in [0.1, 0.15) is 25.7 Å². The molecule has 1 aliphatic rings. The number of aromatic amines is 1. The molecule has 0 aliphatic heterocycles. The van der Waals surface area contributed by atoms with Crippen LogP contribution < -0.4 is 10.6 Å². The number of hydrogen-bond donors (Lipinski definition) is 3. The van der Waals surface area contributed by atoms with Crippen molar-refractivity contribution in [3.8, 4) is 11.4 Å². The van der Waals surface area contributed by atoms with E-state index in [0.717, 1.165) is 31.7 Å². The maximum absolute atomic E-state index is 14.4. The highest BCUT2D eigenvalue weighted by molar-refractivity contribution is 5.91. The van der Waals surface area contributed by atoms with Crippen LogP contribution in [0.4, 0.5) is 14.6 Å². The minimum absolute atomic E-state index is 0.00839. The molecule has 1 amide bonds. The molecule has 0 spiro atoms. The summed E-state index contributed by atoms with van der Waals surface area (Å²) in [4.78, 5) is 27.1. The molecule has 4 rings (SSSR count). The zero-order valence-electron chi connectivity index (χ0n) is 16.4. The number of carbonyl (C=O) groups is 1. The Morgan fingerprint density at radius 1 is 1.27 bits per heavy atom. The largest absolute Gasteiger partial charge is 0.375 e. The summed E-state index contributed by atoms with van der Waals surface area (Å²) < 4.78 is 32.9. The summed E-state index contributed by atoms with van der Waals surface area (Å²) >= 11 is 0. The quantitative estimate of drug-likeness (QED) is 0.571. The topological polar surface area (TPSA) is 105 Å². The van der Waals surface area contributed by atoms with Gasteiger partial charge in [-0.15, -0.1) is 0 Å². The summed E-state index contributed by atoms with van der Waals surface area (Å²) in [5.41, 5.74) is 1.03. The Bertz CT molecular complexity index is 1060. The van der Waals surface area contributed by atoms with Crippen LogP contribution in [0.25, 0.3) is 22.4 Å². The molecule has 0 radical (unpaired) electrons. The maximum Gasteiger partial charge on any atom is 0.246 e. The number of nitrogens with one attached hydrogen (secondary N) is 3. The van der Waals surface area contributed by atoms with Gasteiger partial charge in [0, 0.05) is 36.3 Å². The van der Waals surface area contributed by atoms with Crippen LogP contribution in [0.5, 0.6) is 0 Å². The van der Waals surface area contributed by atoms with Gasteiger partial charge in [0.1, 0.15) is 18.1 Å². The fourth-order valence-corrected chi connectivity index (χ4v) is 3.81. The third kappa shape index (κ3) is 4.38. The van der Waals surface area contributed by atoms with Crippen molar-refractivity contribution in [1.29, 1.82) is 0 Å². The molecule has 2 atom stereocenters.